The number of pyridine rings is 1. The van der Waals surface area contributed by atoms with Gasteiger partial charge in [-0.1, -0.05) is 6.07 Å². The first kappa shape index (κ1) is 12.4. The van der Waals surface area contributed by atoms with E-state index in [4.69, 9.17) is 5.73 Å². The van der Waals surface area contributed by atoms with Crippen LogP contribution < -0.4 is 10.6 Å². The van der Waals surface area contributed by atoms with Gasteiger partial charge in [-0.15, -0.1) is 5.10 Å². The molecule has 1 atom stereocenters. The Morgan fingerprint density at radius 3 is 2.95 bits per heavy atom. The first-order chi connectivity index (χ1) is 9.19. The molecule has 1 unspecified atom stereocenters. The third-order valence-corrected chi connectivity index (χ3v) is 3.75. The van der Waals surface area contributed by atoms with Crippen LogP contribution in [-0.2, 0) is 0 Å². The van der Waals surface area contributed by atoms with Crippen LogP contribution in [0.1, 0.15) is 5.69 Å². The molecule has 1 aliphatic rings. The number of nitrogens with zero attached hydrogens (tertiary/aromatic N) is 5. The number of rotatable bonds is 2. The summed E-state index contributed by atoms with van der Waals surface area (Å²) in [5, 5.41) is 4.62. The first-order valence-electron chi connectivity index (χ1n) is 6.66. The molecule has 2 aromatic heterocycles. The predicted molar refractivity (Wildman–Crippen MR) is 75.4 cm³/mol. The molecule has 3 rings (SSSR count). The maximum Gasteiger partial charge on any atom is 0.246 e. The van der Waals surface area contributed by atoms with Gasteiger partial charge in [0.2, 0.25) is 5.95 Å². The zero-order valence-corrected chi connectivity index (χ0v) is 11.5. The molecule has 0 aromatic carbocycles. The highest BCUT2D eigenvalue weighted by atomic mass is 15.4. The molecular formula is C13H20N6. The predicted octanol–water partition coefficient (Wildman–Crippen LogP) is 0.117. The van der Waals surface area contributed by atoms with Crippen LogP contribution >= 0.6 is 0 Å². The van der Waals surface area contributed by atoms with E-state index < -0.39 is 0 Å². The summed E-state index contributed by atoms with van der Waals surface area (Å²) in [7, 11) is 2.13. The molecule has 19 heavy (non-hydrogen) atoms. The van der Waals surface area contributed by atoms with Gasteiger partial charge in [0.15, 0.2) is 5.65 Å². The van der Waals surface area contributed by atoms with Gasteiger partial charge in [-0.05, 0) is 26.1 Å². The summed E-state index contributed by atoms with van der Waals surface area (Å²) in [4.78, 5) is 9.15. The van der Waals surface area contributed by atoms with E-state index in [1.54, 1.807) is 0 Å². The standard InChI is InChI=1S/C13H20N6/c1-10-4-3-5-12-15-13(16-19(10)12)18-7-6-17(2)9-11(18)8-14/h3-5,11H,6-9,14H2,1-2H3. The molecular weight excluding hydrogens is 240 g/mol. The molecule has 6 heteroatoms. The van der Waals surface area contributed by atoms with Gasteiger partial charge in [0.1, 0.15) is 0 Å². The van der Waals surface area contributed by atoms with Crippen molar-refractivity contribution >= 4 is 11.6 Å². The lowest BCUT2D eigenvalue weighted by Crippen LogP contribution is -2.55. The number of hydrogen-bond acceptors (Lipinski definition) is 5. The van der Waals surface area contributed by atoms with E-state index in [2.05, 4.69) is 26.9 Å². The molecule has 1 aliphatic heterocycles. The number of hydrogen-bond donors (Lipinski definition) is 1. The lowest BCUT2D eigenvalue weighted by Gasteiger charge is -2.38. The van der Waals surface area contributed by atoms with Crippen molar-refractivity contribution in [1.29, 1.82) is 0 Å². The first-order valence-corrected chi connectivity index (χ1v) is 6.66. The van der Waals surface area contributed by atoms with Gasteiger partial charge in [-0.25, -0.2) is 4.52 Å². The number of aromatic nitrogens is 3. The van der Waals surface area contributed by atoms with Crippen molar-refractivity contribution in [2.45, 2.75) is 13.0 Å². The summed E-state index contributed by atoms with van der Waals surface area (Å²) < 4.78 is 1.89. The highest BCUT2D eigenvalue weighted by Gasteiger charge is 2.27. The zero-order valence-electron chi connectivity index (χ0n) is 11.5. The van der Waals surface area contributed by atoms with Crippen LogP contribution in [0, 0.1) is 6.92 Å². The Morgan fingerprint density at radius 2 is 2.21 bits per heavy atom. The van der Waals surface area contributed by atoms with E-state index in [1.807, 2.05) is 29.6 Å². The molecule has 3 heterocycles. The summed E-state index contributed by atoms with van der Waals surface area (Å²) in [6.07, 6.45) is 0. The molecule has 0 bridgehead atoms. The smallest absolute Gasteiger partial charge is 0.246 e. The molecule has 1 fully saturated rings. The fourth-order valence-electron chi connectivity index (χ4n) is 2.62. The molecule has 0 spiro atoms. The fourth-order valence-corrected chi connectivity index (χ4v) is 2.62. The maximum atomic E-state index is 5.89. The SMILES string of the molecule is Cc1cccc2nc(N3CCN(C)CC3CN)nn12. The van der Waals surface area contributed by atoms with Crippen molar-refractivity contribution in [2.75, 3.05) is 38.1 Å². The van der Waals surface area contributed by atoms with E-state index in [-0.39, 0.29) is 6.04 Å². The number of nitrogens with two attached hydrogens (primary N) is 1. The average molecular weight is 260 g/mol. The van der Waals surface area contributed by atoms with Crippen molar-refractivity contribution in [3.05, 3.63) is 23.9 Å². The molecule has 0 aliphatic carbocycles. The Hall–Kier alpha value is -1.66. The molecule has 1 saturated heterocycles. The van der Waals surface area contributed by atoms with Crippen LogP contribution in [0.15, 0.2) is 18.2 Å². The largest absolute Gasteiger partial charge is 0.333 e. The van der Waals surface area contributed by atoms with Crippen LogP contribution in [-0.4, -0.2) is 58.8 Å². The third-order valence-electron chi connectivity index (χ3n) is 3.75. The molecule has 102 valence electrons. The second-order valence-electron chi connectivity index (χ2n) is 5.19. The van der Waals surface area contributed by atoms with Crippen LogP contribution in [0.5, 0.6) is 0 Å². The van der Waals surface area contributed by atoms with Gasteiger partial charge in [0.25, 0.3) is 0 Å². The zero-order chi connectivity index (χ0) is 13.4. The van der Waals surface area contributed by atoms with Gasteiger partial charge in [-0.3, -0.25) is 0 Å². The van der Waals surface area contributed by atoms with Crippen molar-refractivity contribution in [3.63, 3.8) is 0 Å². The Bertz CT molecular complexity index is 578. The normalized spacial score (nSPS) is 21.2. The number of aryl methyl sites for hydroxylation is 1. The van der Waals surface area contributed by atoms with Crippen LogP contribution in [0.25, 0.3) is 5.65 Å². The van der Waals surface area contributed by atoms with Crippen LogP contribution in [0.2, 0.25) is 0 Å². The number of anilines is 1. The van der Waals surface area contributed by atoms with E-state index >= 15 is 0 Å². The van der Waals surface area contributed by atoms with E-state index in [0.717, 1.165) is 36.9 Å². The monoisotopic (exact) mass is 260 g/mol. The Balaban J connectivity index is 1.97. The molecule has 6 nitrogen and oxygen atoms in total. The fraction of sp³-hybridized carbons (Fsp3) is 0.538. The molecule has 0 amide bonds. The molecule has 0 saturated carbocycles. The minimum atomic E-state index is 0.288. The minimum Gasteiger partial charge on any atom is -0.333 e. The minimum absolute atomic E-state index is 0.288. The highest BCUT2D eigenvalue weighted by molar-refractivity contribution is 5.46. The van der Waals surface area contributed by atoms with Gasteiger partial charge < -0.3 is 15.5 Å². The van der Waals surface area contributed by atoms with E-state index in [9.17, 15) is 0 Å². The number of likely N-dealkylation sites (N-methyl/N-ethyl adjacent to an activating group) is 1. The molecule has 2 N–H and O–H groups in total. The van der Waals surface area contributed by atoms with Gasteiger partial charge in [-0.2, -0.15) is 4.98 Å². The summed E-state index contributed by atoms with van der Waals surface area (Å²) in [6, 6.07) is 6.32. The Kier molecular flexibility index (Phi) is 3.12. The third kappa shape index (κ3) is 2.17. The summed E-state index contributed by atoms with van der Waals surface area (Å²) in [5.74, 6) is 0.790. The summed E-state index contributed by atoms with van der Waals surface area (Å²) in [6.45, 7) is 5.57. The molecule has 0 radical (unpaired) electrons. The van der Waals surface area contributed by atoms with Crippen molar-refractivity contribution in [2.24, 2.45) is 5.73 Å². The van der Waals surface area contributed by atoms with Crippen molar-refractivity contribution in [3.8, 4) is 0 Å². The highest BCUT2D eigenvalue weighted by Crippen LogP contribution is 2.17. The van der Waals surface area contributed by atoms with Crippen molar-refractivity contribution in [1.82, 2.24) is 19.5 Å². The Labute approximate surface area is 112 Å². The maximum absolute atomic E-state index is 5.89. The molecule has 2 aromatic rings. The van der Waals surface area contributed by atoms with Gasteiger partial charge in [0, 0.05) is 31.9 Å². The average Bonchev–Trinajstić information content (AvgIpc) is 2.83. The van der Waals surface area contributed by atoms with Crippen LogP contribution in [0.4, 0.5) is 5.95 Å². The topological polar surface area (TPSA) is 62.7 Å². The van der Waals surface area contributed by atoms with Crippen LogP contribution in [0.3, 0.4) is 0 Å². The number of fused-ring (bicyclic) bond motifs is 1. The second-order valence-corrected chi connectivity index (χ2v) is 5.19. The van der Waals surface area contributed by atoms with Gasteiger partial charge in [0.05, 0.1) is 6.04 Å². The Morgan fingerprint density at radius 1 is 1.37 bits per heavy atom. The van der Waals surface area contributed by atoms with Crippen molar-refractivity contribution < 1.29 is 0 Å². The van der Waals surface area contributed by atoms with E-state index in [0.29, 0.717) is 6.54 Å². The quantitative estimate of drug-likeness (QED) is 0.831. The van der Waals surface area contributed by atoms with Gasteiger partial charge >= 0.3 is 0 Å². The summed E-state index contributed by atoms with van der Waals surface area (Å²) in [5.41, 5.74) is 7.87. The summed E-state index contributed by atoms with van der Waals surface area (Å²) >= 11 is 0. The number of piperazine rings is 1. The second kappa shape index (κ2) is 4.79. The lowest BCUT2D eigenvalue weighted by atomic mass is 10.2. The lowest BCUT2D eigenvalue weighted by molar-refractivity contribution is 0.268. The van der Waals surface area contributed by atoms with E-state index in [1.165, 1.54) is 0 Å².